The Hall–Kier alpha value is -3.05. The van der Waals surface area contributed by atoms with E-state index in [1.807, 2.05) is 90.0 Å². The summed E-state index contributed by atoms with van der Waals surface area (Å²) in [6.45, 7) is 6.04. The lowest BCUT2D eigenvalue weighted by Crippen LogP contribution is -2.51. The van der Waals surface area contributed by atoms with Crippen LogP contribution in [0.15, 0.2) is 54.7 Å². The second-order valence-corrected chi connectivity index (χ2v) is 8.49. The number of hydrogen-bond acceptors (Lipinski definition) is 2. The number of rotatable bonds is 3. The average Bonchev–Trinajstić information content (AvgIpc) is 3.07. The Morgan fingerprint density at radius 1 is 0.806 bits per heavy atom. The Bertz CT molecular complexity index is 1130. The fourth-order valence-corrected chi connectivity index (χ4v) is 4.39. The molecule has 4 rings (SSSR count). The molecule has 1 aliphatic heterocycles. The van der Waals surface area contributed by atoms with Crippen LogP contribution in [-0.2, 0) is 7.05 Å². The van der Waals surface area contributed by atoms with Gasteiger partial charge >= 0.3 is 0 Å². The Balaban J connectivity index is 1.53. The van der Waals surface area contributed by atoms with Gasteiger partial charge in [0.2, 0.25) is 0 Å². The number of carbonyl (C=O) groups excluding carboxylic acids is 2. The van der Waals surface area contributed by atoms with E-state index in [0.717, 1.165) is 27.8 Å². The van der Waals surface area contributed by atoms with Crippen LogP contribution >= 0.6 is 11.6 Å². The summed E-state index contributed by atoms with van der Waals surface area (Å²) in [7, 11) is 1.90. The second-order valence-electron chi connectivity index (χ2n) is 8.05. The van der Waals surface area contributed by atoms with Crippen LogP contribution in [0.4, 0.5) is 0 Å². The van der Waals surface area contributed by atoms with E-state index in [-0.39, 0.29) is 11.8 Å². The maximum absolute atomic E-state index is 13.5. The molecule has 2 heterocycles. The van der Waals surface area contributed by atoms with Gasteiger partial charge in [-0.25, -0.2) is 0 Å². The highest BCUT2D eigenvalue weighted by atomic mass is 35.5. The molecule has 2 aromatic carbocycles. The molecule has 1 fully saturated rings. The van der Waals surface area contributed by atoms with Crippen LogP contribution in [0.3, 0.4) is 0 Å². The molecule has 0 spiro atoms. The van der Waals surface area contributed by atoms with E-state index in [1.165, 1.54) is 0 Å². The summed E-state index contributed by atoms with van der Waals surface area (Å²) in [4.78, 5) is 30.0. The molecule has 31 heavy (non-hydrogen) atoms. The first-order chi connectivity index (χ1) is 14.9. The molecule has 1 saturated heterocycles. The molecule has 1 aliphatic rings. The molecular formula is C25H26ClN3O2. The molecule has 5 nitrogen and oxygen atoms in total. The third-order valence-corrected chi connectivity index (χ3v) is 6.19. The van der Waals surface area contributed by atoms with Crippen LogP contribution in [0.25, 0.3) is 11.1 Å². The molecule has 6 heteroatoms. The normalized spacial score (nSPS) is 14.1. The van der Waals surface area contributed by atoms with Gasteiger partial charge in [-0.1, -0.05) is 41.9 Å². The van der Waals surface area contributed by atoms with Gasteiger partial charge in [0.15, 0.2) is 0 Å². The zero-order valence-corrected chi connectivity index (χ0v) is 18.8. The maximum atomic E-state index is 13.5. The summed E-state index contributed by atoms with van der Waals surface area (Å²) in [5.41, 5.74) is 5.31. The SMILES string of the molecule is Cc1ccccc1C(=O)N1CCN(C(=O)c2c(-c3ccc(Cl)cc3)c(C)cn2C)CC1. The van der Waals surface area contributed by atoms with E-state index in [1.54, 1.807) is 0 Å². The van der Waals surface area contributed by atoms with Gasteiger partial charge in [-0.3, -0.25) is 9.59 Å². The molecule has 0 N–H and O–H groups in total. The number of nitrogens with zero attached hydrogens (tertiary/aromatic N) is 3. The van der Waals surface area contributed by atoms with Gasteiger partial charge in [0.1, 0.15) is 5.69 Å². The van der Waals surface area contributed by atoms with E-state index in [9.17, 15) is 9.59 Å². The Morgan fingerprint density at radius 2 is 1.39 bits per heavy atom. The number of halogens is 1. The van der Waals surface area contributed by atoms with Gasteiger partial charge in [-0.05, 0) is 48.7 Å². The van der Waals surface area contributed by atoms with Crippen molar-refractivity contribution in [3.8, 4) is 11.1 Å². The molecule has 0 bridgehead atoms. The van der Waals surface area contributed by atoms with E-state index < -0.39 is 0 Å². The molecule has 1 aromatic heterocycles. The smallest absolute Gasteiger partial charge is 0.271 e. The quantitative estimate of drug-likeness (QED) is 0.605. The Morgan fingerprint density at radius 3 is 2.00 bits per heavy atom. The minimum absolute atomic E-state index is 0.0106. The Kier molecular flexibility index (Phi) is 5.88. The molecule has 0 atom stereocenters. The maximum Gasteiger partial charge on any atom is 0.271 e. The van der Waals surface area contributed by atoms with Crippen LogP contribution in [0.1, 0.15) is 32.0 Å². The van der Waals surface area contributed by atoms with Crippen molar-refractivity contribution >= 4 is 23.4 Å². The lowest BCUT2D eigenvalue weighted by molar-refractivity contribution is 0.0530. The van der Waals surface area contributed by atoms with E-state index in [2.05, 4.69) is 0 Å². The summed E-state index contributed by atoms with van der Waals surface area (Å²) in [6, 6.07) is 15.2. The van der Waals surface area contributed by atoms with Gasteiger partial charge in [0.05, 0.1) is 0 Å². The van der Waals surface area contributed by atoms with E-state index in [4.69, 9.17) is 11.6 Å². The van der Waals surface area contributed by atoms with Crippen LogP contribution in [0.5, 0.6) is 0 Å². The fourth-order valence-electron chi connectivity index (χ4n) is 4.27. The first-order valence-corrected chi connectivity index (χ1v) is 10.8. The molecule has 0 radical (unpaired) electrons. The predicted octanol–water partition coefficient (Wildman–Crippen LogP) is 4.56. The molecule has 0 saturated carbocycles. The fraction of sp³-hybridized carbons (Fsp3) is 0.280. The van der Waals surface area contributed by atoms with E-state index >= 15 is 0 Å². The summed E-state index contributed by atoms with van der Waals surface area (Å²) >= 11 is 6.05. The van der Waals surface area contributed by atoms with Crippen molar-refractivity contribution in [1.82, 2.24) is 14.4 Å². The second kappa shape index (κ2) is 8.60. The van der Waals surface area contributed by atoms with Gasteiger partial charge in [0, 0.05) is 55.6 Å². The number of hydrogen-bond donors (Lipinski definition) is 0. The lowest BCUT2D eigenvalue weighted by atomic mass is 10.0. The third kappa shape index (κ3) is 4.10. The minimum atomic E-state index is -0.0106. The van der Waals surface area contributed by atoms with Crippen molar-refractivity contribution in [2.75, 3.05) is 26.2 Å². The van der Waals surface area contributed by atoms with Gasteiger partial charge in [0.25, 0.3) is 11.8 Å². The molecule has 3 aromatic rings. The molecule has 0 aliphatic carbocycles. The lowest BCUT2D eigenvalue weighted by Gasteiger charge is -2.35. The monoisotopic (exact) mass is 435 g/mol. The topological polar surface area (TPSA) is 45.6 Å². The highest BCUT2D eigenvalue weighted by molar-refractivity contribution is 6.30. The minimum Gasteiger partial charge on any atom is -0.346 e. The first kappa shape index (κ1) is 21.2. The first-order valence-electron chi connectivity index (χ1n) is 10.4. The number of aromatic nitrogens is 1. The van der Waals surface area contributed by atoms with Gasteiger partial charge < -0.3 is 14.4 Å². The highest BCUT2D eigenvalue weighted by Crippen LogP contribution is 2.31. The molecule has 0 unspecified atom stereocenters. The number of aryl methyl sites for hydroxylation is 3. The summed E-state index contributed by atoms with van der Waals surface area (Å²) in [5, 5.41) is 0.666. The average molecular weight is 436 g/mol. The van der Waals surface area contributed by atoms with Crippen LogP contribution in [-0.4, -0.2) is 52.4 Å². The summed E-state index contributed by atoms with van der Waals surface area (Å²) in [5.74, 6) is 0.0188. The predicted molar refractivity (Wildman–Crippen MR) is 124 cm³/mol. The van der Waals surface area contributed by atoms with Crippen molar-refractivity contribution < 1.29 is 9.59 Å². The zero-order valence-electron chi connectivity index (χ0n) is 18.1. The highest BCUT2D eigenvalue weighted by Gasteiger charge is 2.29. The van der Waals surface area contributed by atoms with Crippen molar-refractivity contribution in [2.45, 2.75) is 13.8 Å². The number of piperazine rings is 1. The number of carbonyl (C=O) groups is 2. The largest absolute Gasteiger partial charge is 0.346 e. The van der Waals surface area contributed by atoms with Gasteiger partial charge in [-0.15, -0.1) is 0 Å². The van der Waals surface area contributed by atoms with Crippen LogP contribution in [0, 0.1) is 13.8 Å². The summed E-state index contributed by atoms with van der Waals surface area (Å²) in [6.07, 6.45) is 1.98. The molecule has 160 valence electrons. The Labute approximate surface area is 187 Å². The van der Waals surface area contributed by atoms with Crippen molar-refractivity contribution in [2.24, 2.45) is 7.05 Å². The van der Waals surface area contributed by atoms with Crippen LogP contribution in [0.2, 0.25) is 5.02 Å². The van der Waals surface area contributed by atoms with Crippen LogP contribution < -0.4 is 0 Å². The third-order valence-electron chi connectivity index (χ3n) is 5.94. The summed E-state index contributed by atoms with van der Waals surface area (Å²) < 4.78 is 1.90. The standard InChI is InChI=1S/C25H26ClN3O2/c1-17-6-4-5-7-21(17)24(30)28-12-14-29(15-13-28)25(31)23-22(18(2)16-27(23)3)19-8-10-20(26)11-9-19/h4-11,16H,12-15H2,1-3H3. The number of amides is 2. The molecular weight excluding hydrogens is 410 g/mol. The van der Waals surface area contributed by atoms with Gasteiger partial charge in [-0.2, -0.15) is 0 Å². The van der Waals surface area contributed by atoms with Crippen molar-refractivity contribution in [3.05, 3.63) is 82.1 Å². The zero-order chi connectivity index (χ0) is 22.1. The number of benzene rings is 2. The molecule has 2 amide bonds. The van der Waals surface area contributed by atoms with Crippen molar-refractivity contribution in [1.29, 1.82) is 0 Å². The van der Waals surface area contributed by atoms with Crippen molar-refractivity contribution in [3.63, 3.8) is 0 Å². The van der Waals surface area contributed by atoms with E-state index in [0.29, 0.717) is 36.9 Å².